The number of rotatable bonds is 8. The van der Waals surface area contributed by atoms with Gasteiger partial charge in [0.15, 0.2) is 0 Å². The van der Waals surface area contributed by atoms with Gasteiger partial charge in [0.1, 0.15) is 17.9 Å². The minimum absolute atomic E-state index is 0.0416. The summed E-state index contributed by atoms with van der Waals surface area (Å²) >= 11 is 0. The molecule has 0 saturated carbocycles. The number of amides is 4. The molecule has 2 aliphatic heterocycles. The van der Waals surface area contributed by atoms with Crippen LogP contribution in [0.5, 0.6) is 5.75 Å². The summed E-state index contributed by atoms with van der Waals surface area (Å²) in [6, 6.07) is 30.2. The Balaban J connectivity index is 1.43. The Bertz CT molecular complexity index is 1820. The van der Waals surface area contributed by atoms with E-state index in [0.29, 0.717) is 36.0 Å². The lowest BCUT2D eigenvalue weighted by Crippen LogP contribution is -2.57. The molecule has 0 spiro atoms. The Morgan fingerprint density at radius 2 is 1.30 bits per heavy atom. The topological polar surface area (TPSA) is 113 Å². The van der Waals surface area contributed by atoms with Crippen LogP contribution in [0.15, 0.2) is 133 Å². The lowest BCUT2D eigenvalue weighted by molar-refractivity contribution is -0.384. The minimum Gasteiger partial charge on any atom is -0.492 e. The highest BCUT2D eigenvalue weighted by atomic mass is 16.6. The first-order chi connectivity index (χ1) is 22.2. The highest BCUT2D eigenvalue weighted by Gasteiger charge is 2.44. The molecule has 10 heteroatoms. The summed E-state index contributed by atoms with van der Waals surface area (Å²) in [5.74, 6) is -0.816. The fraction of sp³-hybridized carbons (Fsp3) is 0.139. The Kier molecular flexibility index (Phi) is 7.94. The number of urea groups is 1. The Morgan fingerprint density at radius 1 is 0.761 bits per heavy atom. The summed E-state index contributed by atoms with van der Waals surface area (Å²) in [5.41, 5.74) is 1.82. The van der Waals surface area contributed by atoms with E-state index in [-0.39, 0.29) is 11.3 Å². The third-order valence-corrected chi connectivity index (χ3v) is 8.10. The van der Waals surface area contributed by atoms with E-state index in [1.807, 2.05) is 49.1 Å². The van der Waals surface area contributed by atoms with Crippen LogP contribution in [0.3, 0.4) is 0 Å². The van der Waals surface area contributed by atoms with Crippen molar-refractivity contribution in [1.29, 1.82) is 0 Å². The molecule has 0 radical (unpaired) electrons. The number of imide groups is 2. The number of carbonyl (C=O) groups is 3. The van der Waals surface area contributed by atoms with Gasteiger partial charge in [0.25, 0.3) is 17.5 Å². The van der Waals surface area contributed by atoms with Crippen LogP contribution in [-0.4, -0.2) is 35.9 Å². The highest BCUT2D eigenvalue weighted by molar-refractivity contribution is 6.45. The number of barbiturate groups is 1. The van der Waals surface area contributed by atoms with Crippen LogP contribution >= 0.6 is 0 Å². The van der Waals surface area contributed by atoms with Gasteiger partial charge in [-0.3, -0.25) is 19.7 Å². The molecule has 230 valence electrons. The first-order valence-electron chi connectivity index (χ1n) is 14.7. The smallest absolute Gasteiger partial charge is 0.343 e. The van der Waals surface area contributed by atoms with E-state index in [4.69, 9.17) is 4.74 Å². The van der Waals surface area contributed by atoms with Crippen molar-refractivity contribution in [2.24, 2.45) is 0 Å². The van der Waals surface area contributed by atoms with E-state index in [2.05, 4.69) is 0 Å². The Hall–Kier alpha value is -6.03. The number of anilines is 3. The molecule has 0 N–H and O–H groups in total. The maximum Gasteiger partial charge on any atom is 0.343 e. The van der Waals surface area contributed by atoms with Gasteiger partial charge in [-0.2, -0.15) is 0 Å². The molecule has 1 fully saturated rings. The summed E-state index contributed by atoms with van der Waals surface area (Å²) in [4.78, 5) is 56.6. The van der Waals surface area contributed by atoms with Crippen LogP contribution in [0.2, 0.25) is 0 Å². The Labute approximate surface area is 265 Å². The largest absolute Gasteiger partial charge is 0.492 e. The first-order valence-corrected chi connectivity index (χ1v) is 14.7. The number of hydrogen-bond acceptors (Lipinski definition) is 7. The third-order valence-electron chi connectivity index (χ3n) is 8.10. The molecule has 0 bridgehead atoms. The number of nitro benzene ring substituents is 1. The molecule has 6 rings (SSSR count). The zero-order valence-electron chi connectivity index (χ0n) is 25.2. The first kappa shape index (κ1) is 30.0. The van der Waals surface area contributed by atoms with Gasteiger partial charge in [0, 0.05) is 28.9 Å². The van der Waals surface area contributed by atoms with Crippen LogP contribution in [0.25, 0.3) is 0 Å². The number of non-ortho nitro benzene ring substituents is 1. The van der Waals surface area contributed by atoms with Crippen molar-refractivity contribution >= 4 is 40.6 Å². The average molecular weight is 615 g/mol. The Morgan fingerprint density at radius 3 is 1.85 bits per heavy atom. The molecule has 0 atom stereocenters. The second-order valence-corrected chi connectivity index (χ2v) is 11.3. The molecule has 4 aromatic rings. The van der Waals surface area contributed by atoms with Crippen LogP contribution in [0.4, 0.5) is 27.5 Å². The van der Waals surface area contributed by atoms with E-state index >= 15 is 0 Å². The summed E-state index contributed by atoms with van der Waals surface area (Å²) in [5, 5.41) is 11.7. The normalized spacial score (nSPS) is 16.6. The van der Waals surface area contributed by atoms with Crippen LogP contribution in [0.1, 0.15) is 19.4 Å². The van der Waals surface area contributed by atoms with E-state index in [0.717, 1.165) is 21.1 Å². The summed E-state index contributed by atoms with van der Waals surface area (Å²) in [6.45, 7) is 4.53. The molecule has 46 heavy (non-hydrogen) atoms. The van der Waals surface area contributed by atoms with Crippen molar-refractivity contribution in [2.45, 2.75) is 19.3 Å². The van der Waals surface area contributed by atoms with Gasteiger partial charge in [-0.15, -0.1) is 0 Å². The monoisotopic (exact) mass is 614 g/mol. The molecular weight excluding hydrogens is 584 g/mol. The number of nitro groups is 1. The second kappa shape index (κ2) is 12.2. The number of hydrogen-bond donors (Lipinski definition) is 0. The number of fused-ring (bicyclic) bond motifs is 1. The molecule has 10 nitrogen and oxygen atoms in total. The van der Waals surface area contributed by atoms with Gasteiger partial charge in [-0.25, -0.2) is 14.6 Å². The summed E-state index contributed by atoms with van der Waals surface area (Å²) in [6.07, 6.45) is 3.12. The SMILES string of the molecule is CC1(C)/C(=C\C=C2C(=O)N(c3ccccc3)C(=O)N(c3ccccc3)C2=O)N(CCOc2ccccc2)c2ccc([N+](=O)[O-])cc21. The van der Waals surface area contributed by atoms with Gasteiger partial charge in [-0.1, -0.05) is 68.4 Å². The van der Waals surface area contributed by atoms with Gasteiger partial charge in [0.2, 0.25) is 0 Å². The lowest BCUT2D eigenvalue weighted by atomic mass is 9.83. The highest BCUT2D eigenvalue weighted by Crippen LogP contribution is 2.49. The fourth-order valence-corrected chi connectivity index (χ4v) is 5.81. The maximum atomic E-state index is 13.9. The number of nitrogens with zero attached hydrogens (tertiary/aromatic N) is 4. The molecule has 0 aliphatic carbocycles. The fourth-order valence-electron chi connectivity index (χ4n) is 5.81. The number of para-hydroxylation sites is 3. The van der Waals surface area contributed by atoms with Crippen molar-refractivity contribution in [3.63, 3.8) is 0 Å². The lowest BCUT2D eigenvalue weighted by Gasteiger charge is -2.34. The van der Waals surface area contributed by atoms with E-state index in [1.165, 1.54) is 12.1 Å². The zero-order valence-corrected chi connectivity index (χ0v) is 25.2. The standard InChI is InChI=1S/C36H30N4O6/c1-36(2)30-24-27(40(44)45)18-20-31(30)37(22-23-46-28-16-10-5-11-17-28)32(36)21-19-29-33(41)38(25-12-6-3-7-13-25)35(43)39(34(29)42)26-14-8-4-9-15-26/h3-21,24H,22-23H2,1-2H3/b32-21+. The molecule has 0 unspecified atom stereocenters. The number of benzene rings is 4. The second-order valence-electron chi connectivity index (χ2n) is 11.3. The molecule has 4 aromatic carbocycles. The van der Waals surface area contributed by atoms with Gasteiger partial charge < -0.3 is 9.64 Å². The van der Waals surface area contributed by atoms with Crippen molar-refractivity contribution in [2.75, 3.05) is 27.9 Å². The third kappa shape index (κ3) is 5.41. The van der Waals surface area contributed by atoms with Gasteiger partial charge in [-0.05, 0) is 60.2 Å². The quantitative estimate of drug-likeness (QED) is 0.0930. The van der Waals surface area contributed by atoms with E-state index in [9.17, 15) is 24.5 Å². The van der Waals surface area contributed by atoms with E-state index < -0.39 is 28.2 Å². The van der Waals surface area contributed by atoms with Gasteiger partial charge >= 0.3 is 6.03 Å². The van der Waals surface area contributed by atoms with Crippen molar-refractivity contribution in [3.8, 4) is 5.75 Å². The summed E-state index contributed by atoms with van der Waals surface area (Å²) < 4.78 is 5.98. The van der Waals surface area contributed by atoms with Crippen LogP contribution in [-0.2, 0) is 15.0 Å². The maximum absolute atomic E-state index is 13.9. The average Bonchev–Trinajstić information content (AvgIpc) is 3.27. The molecule has 2 heterocycles. The van der Waals surface area contributed by atoms with E-state index in [1.54, 1.807) is 78.9 Å². The molecule has 1 saturated heterocycles. The van der Waals surface area contributed by atoms with Gasteiger partial charge in [0.05, 0.1) is 22.8 Å². The molecule has 0 aromatic heterocycles. The zero-order chi connectivity index (χ0) is 32.4. The van der Waals surface area contributed by atoms with Crippen molar-refractivity contribution < 1.29 is 24.0 Å². The molecule has 2 aliphatic rings. The number of allylic oxidation sites excluding steroid dienone is 3. The number of carbonyl (C=O) groups excluding carboxylic acids is 3. The molecular formula is C36H30N4O6. The predicted octanol–water partition coefficient (Wildman–Crippen LogP) is 6.78. The van der Waals surface area contributed by atoms with Crippen LogP contribution in [0, 0.1) is 10.1 Å². The minimum atomic E-state index is -0.780. The van der Waals surface area contributed by atoms with Crippen molar-refractivity contribution in [1.82, 2.24) is 0 Å². The van der Waals surface area contributed by atoms with Crippen molar-refractivity contribution in [3.05, 3.63) is 148 Å². The molecule has 4 amide bonds. The van der Waals surface area contributed by atoms with Crippen LogP contribution < -0.4 is 19.4 Å². The number of ether oxygens (including phenoxy) is 1. The predicted molar refractivity (Wildman–Crippen MR) is 175 cm³/mol. The summed E-state index contributed by atoms with van der Waals surface area (Å²) in [7, 11) is 0.